The van der Waals surface area contributed by atoms with Crippen molar-refractivity contribution in [3.8, 4) is 23.0 Å². The lowest BCUT2D eigenvalue weighted by molar-refractivity contribution is -0.119. The van der Waals surface area contributed by atoms with Crippen molar-refractivity contribution in [1.29, 1.82) is 0 Å². The second-order valence-electron chi connectivity index (χ2n) is 14.5. The van der Waals surface area contributed by atoms with Crippen molar-refractivity contribution in [1.82, 2.24) is 5.32 Å². The van der Waals surface area contributed by atoms with Crippen LogP contribution in [-0.2, 0) is 22.8 Å². The number of halogens is 1. The molecule has 1 aliphatic heterocycles. The third kappa shape index (κ3) is 7.05. The third-order valence-electron chi connectivity index (χ3n) is 9.23. The molecule has 0 saturated heterocycles. The van der Waals surface area contributed by atoms with Crippen molar-refractivity contribution < 1.29 is 28.5 Å². The number of methoxy groups -OCH3 is 1. The second kappa shape index (κ2) is 13.5. The summed E-state index contributed by atoms with van der Waals surface area (Å²) in [5.41, 5.74) is 5.74. The number of ketones is 2. The standard InChI is InChI=1S/C40H44BrNO6/c1-7-46-34-17-26(35-36-28(18-39(2,3)20-30(36)43)42-29-19-40(4,5)21-31(44)37(29)35)16-27(41)38(34)48-23-25-13-14-32(33(15-25)45-6)47-22-24-11-9-8-10-12-24/h8-17,35,42H,7,18-23H2,1-6H3. The van der Waals surface area contributed by atoms with Crippen LogP contribution in [0.1, 0.15) is 82.9 Å². The first-order valence-electron chi connectivity index (χ1n) is 16.6. The summed E-state index contributed by atoms with van der Waals surface area (Å²) in [5.74, 6) is 2.06. The van der Waals surface area contributed by atoms with Gasteiger partial charge in [-0.05, 0) is 87.5 Å². The van der Waals surface area contributed by atoms with E-state index in [1.807, 2.05) is 67.6 Å². The van der Waals surface area contributed by atoms with Gasteiger partial charge < -0.3 is 24.3 Å². The zero-order valence-electron chi connectivity index (χ0n) is 28.6. The molecule has 0 atom stereocenters. The van der Waals surface area contributed by atoms with E-state index in [2.05, 4.69) is 48.9 Å². The molecule has 48 heavy (non-hydrogen) atoms. The molecule has 8 heteroatoms. The summed E-state index contributed by atoms with van der Waals surface area (Å²) in [5, 5.41) is 3.59. The van der Waals surface area contributed by atoms with Crippen LogP contribution in [0.3, 0.4) is 0 Å². The Morgan fingerprint density at radius 2 is 1.35 bits per heavy atom. The van der Waals surface area contributed by atoms with Crippen LogP contribution in [0.4, 0.5) is 0 Å². The zero-order valence-corrected chi connectivity index (χ0v) is 30.2. The quantitative estimate of drug-likeness (QED) is 0.225. The van der Waals surface area contributed by atoms with Crippen LogP contribution in [0.5, 0.6) is 23.0 Å². The molecule has 1 N–H and O–H groups in total. The molecule has 0 fully saturated rings. The van der Waals surface area contributed by atoms with Crippen LogP contribution in [0, 0.1) is 10.8 Å². The highest BCUT2D eigenvalue weighted by molar-refractivity contribution is 9.10. The first-order valence-corrected chi connectivity index (χ1v) is 17.4. The largest absolute Gasteiger partial charge is 0.493 e. The summed E-state index contributed by atoms with van der Waals surface area (Å²) in [6.45, 7) is 11.5. The fourth-order valence-electron chi connectivity index (χ4n) is 7.19. The summed E-state index contributed by atoms with van der Waals surface area (Å²) < 4.78 is 24.9. The number of dihydropyridines is 1. The van der Waals surface area contributed by atoms with Crippen molar-refractivity contribution in [2.45, 2.75) is 79.4 Å². The molecule has 7 nitrogen and oxygen atoms in total. The Morgan fingerprint density at radius 3 is 1.96 bits per heavy atom. The highest BCUT2D eigenvalue weighted by atomic mass is 79.9. The van der Waals surface area contributed by atoms with E-state index in [1.165, 1.54) is 0 Å². The summed E-state index contributed by atoms with van der Waals surface area (Å²) in [6, 6.07) is 19.7. The Hall–Kier alpha value is -4.04. The van der Waals surface area contributed by atoms with Crippen molar-refractivity contribution >= 4 is 27.5 Å². The van der Waals surface area contributed by atoms with Crippen molar-refractivity contribution in [3.63, 3.8) is 0 Å². The predicted molar refractivity (Wildman–Crippen MR) is 189 cm³/mol. The van der Waals surface area contributed by atoms with E-state index in [0.29, 0.717) is 64.7 Å². The van der Waals surface area contributed by atoms with Crippen LogP contribution in [-0.4, -0.2) is 25.3 Å². The summed E-state index contributed by atoms with van der Waals surface area (Å²) in [7, 11) is 1.62. The van der Waals surface area contributed by atoms with Gasteiger partial charge in [-0.2, -0.15) is 0 Å². The maximum absolute atomic E-state index is 13.8. The number of nitrogens with one attached hydrogen (secondary N) is 1. The minimum atomic E-state index is -0.472. The van der Waals surface area contributed by atoms with Gasteiger partial charge in [-0.15, -0.1) is 0 Å². The van der Waals surface area contributed by atoms with Crippen molar-refractivity contribution in [2.24, 2.45) is 10.8 Å². The number of hydrogen-bond donors (Lipinski definition) is 1. The number of hydrogen-bond acceptors (Lipinski definition) is 7. The highest BCUT2D eigenvalue weighted by Crippen LogP contribution is 2.52. The Bertz CT molecular complexity index is 1750. The topological polar surface area (TPSA) is 83.1 Å². The van der Waals surface area contributed by atoms with Crippen LogP contribution in [0.2, 0.25) is 0 Å². The van der Waals surface area contributed by atoms with E-state index < -0.39 is 5.92 Å². The number of Topliss-reactive ketones (excluding diaryl/α,β-unsaturated/α-hetero) is 2. The Morgan fingerprint density at radius 1 is 0.729 bits per heavy atom. The molecule has 0 bridgehead atoms. The maximum atomic E-state index is 13.8. The molecule has 0 radical (unpaired) electrons. The molecular weight excluding hydrogens is 670 g/mol. The average molecular weight is 715 g/mol. The summed E-state index contributed by atoms with van der Waals surface area (Å²) in [6.07, 6.45) is 2.37. The number of benzene rings is 3. The van der Waals surface area contributed by atoms with Crippen molar-refractivity contribution in [2.75, 3.05) is 13.7 Å². The smallest absolute Gasteiger partial charge is 0.175 e. The molecule has 3 aliphatic rings. The van der Waals surface area contributed by atoms with E-state index in [-0.39, 0.29) is 29.0 Å². The third-order valence-corrected chi connectivity index (χ3v) is 9.82. The SMILES string of the molecule is CCOc1cc(C2C3=C(CC(C)(C)CC3=O)NC3=C2C(=O)CC(C)(C)C3)cc(Br)c1OCc1ccc(OCc2ccccc2)c(OC)c1. The lowest BCUT2D eigenvalue weighted by Gasteiger charge is -2.44. The van der Waals surface area contributed by atoms with E-state index in [1.54, 1.807) is 7.11 Å². The maximum Gasteiger partial charge on any atom is 0.175 e. The normalized spacial score (nSPS) is 18.6. The average Bonchev–Trinajstić information content (AvgIpc) is 3.02. The molecule has 3 aromatic rings. The van der Waals surface area contributed by atoms with Gasteiger partial charge in [-0.3, -0.25) is 9.59 Å². The number of rotatable bonds is 10. The summed E-state index contributed by atoms with van der Waals surface area (Å²) in [4.78, 5) is 27.7. The fraction of sp³-hybridized carbons (Fsp3) is 0.400. The Labute approximate surface area is 291 Å². The fourth-order valence-corrected chi connectivity index (χ4v) is 7.77. The molecule has 0 amide bonds. The van der Waals surface area contributed by atoms with Gasteiger partial charge in [-0.1, -0.05) is 64.1 Å². The molecule has 6 rings (SSSR count). The predicted octanol–water partition coefficient (Wildman–Crippen LogP) is 8.99. The molecule has 2 aliphatic carbocycles. The van der Waals surface area contributed by atoms with Gasteiger partial charge in [0.2, 0.25) is 0 Å². The highest BCUT2D eigenvalue weighted by Gasteiger charge is 2.46. The minimum absolute atomic E-state index is 0.0856. The molecule has 0 unspecified atom stereocenters. The van der Waals surface area contributed by atoms with Crippen molar-refractivity contribution in [3.05, 3.63) is 104 Å². The van der Waals surface area contributed by atoms with Gasteiger partial charge in [0.05, 0.1) is 18.2 Å². The number of ether oxygens (including phenoxy) is 4. The van der Waals surface area contributed by atoms with Crippen LogP contribution in [0.25, 0.3) is 0 Å². The lowest BCUT2D eigenvalue weighted by atomic mass is 9.64. The first kappa shape index (κ1) is 33.8. The molecule has 3 aromatic carbocycles. The van der Waals surface area contributed by atoms with Gasteiger partial charge in [0.25, 0.3) is 0 Å². The monoisotopic (exact) mass is 713 g/mol. The number of carbonyl (C=O) groups excluding carboxylic acids is 2. The van der Waals surface area contributed by atoms with Gasteiger partial charge in [0, 0.05) is 41.3 Å². The molecule has 0 spiro atoms. The molecular formula is C40H44BrNO6. The minimum Gasteiger partial charge on any atom is -0.493 e. The van der Waals surface area contributed by atoms with Gasteiger partial charge in [-0.25, -0.2) is 0 Å². The molecule has 0 aromatic heterocycles. The Kier molecular flexibility index (Phi) is 9.49. The van der Waals surface area contributed by atoms with E-state index in [9.17, 15) is 9.59 Å². The van der Waals surface area contributed by atoms with Gasteiger partial charge in [0.1, 0.15) is 13.2 Å². The zero-order chi connectivity index (χ0) is 34.2. The lowest BCUT2D eigenvalue weighted by Crippen LogP contribution is -2.42. The summed E-state index contributed by atoms with van der Waals surface area (Å²) >= 11 is 3.77. The molecule has 252 valence electrons. The first-order chi connectivity index (χ1) is 22.9. The van der Waals surface area contributed by atoms with E-state index in [0.717, 1.165) is 40.9 Å². The number of carbonyl (C=O) groups is 2. The number of allylic oxidation sites excluding steroid dienone is 4. The molecule has 1 heterocycles. The van der Waals surface area contributed by atoms with Gasteiger partial charge >= 0.3 is 0 Å². The van der Waals surface area contributed by atoms with Crippen LogP contribution in [0.15, 0.2) is 87.7 Å². The van der Waals surface area contributed by atoms with E-state index in [4.69, 9.17) is 18.9 Å². The van der Waals surface area contributed by atoms with Crippen LogP contribution < -0.4 is 24.3 Å². The Balaban J connectivity index is 1.31. The molecule has 0 saturated carbocycles. The van der Waals surface area contributed by atoms with Gasteiger partial charge in [0.15, 0.2) is 34.6 Å². The second-order valence-corrected chi connectivity index (χ2v) is 15.4. The van der Waals surface area contributed by atoms with Crippen LogP contribution >= 0.6 is 15.9 Å². The van der Waals surface area contributed by atoms with E-state index >= 15 is 0 Å².